The minimum absolute atomic E-state index is 1.00. The third-order valence-corrected chi connectivity index (χ3v) is 6.01. The topological polar surface area (TPSA) is 18.5 Å². The number of ether oxygens (including phenoxy) is 2. The molecule has 2 heteroatoms. The normalized spacial score (nSPS) is 24.0. The molecule has 2 heterocycles. The monoisotopic (exact) mass is 410 g/mol. The van der Waals surface area contributed by atoms with E-state index in [2.05, 4.69) is 0 Å². The lowest BCUT2D eigenvalue weighted by Crippen LogP contribution is -2.03. The van der Waals surface area contributed by atoms with Crippen LogP contribution in [0, 0.1) is 0 Å². The zero-order valence-electron chi connectivity index (χ0n) is 19.9. The van der Waals surface area contributed by atoms with Crippen molar-refractivity contribution in [3.05, 3.63) is 0 Å². The molecule has 2 aliphatic heterocycles. The highest BCUT2D eigenvalue weighted by molar-refractivity contribution is 4.52. The van der Waals surface area contributed by atoms with E-state index in [1.54, 1.807) is 0 Å². The van der Waals surface area contributed by atoms with Gasteiger partial charge >= 0.3 is 0 Å². The molecule has 0 N–H and O–H groups in total. The first-order valence-electron chi connectivity index (χ1n) is 13.7. The van der Waals surface area contributed by atoms with Crippen molar-refractivity contribution in [2.24, 2.45) is 0 Å². The van der Waals surface area contributed by atoms with Crippen LogP contribution in [0.5, 0.6) is 0 Å². The van der Waals surface area contributed by atoms with E-state index in [0.717, 1.165) is 26.4 Å². The summed E-state index contributed by atoms with van der Waals surface area (Å²) < 4.78 is 10.0. The summed E-state index contributed by atoms with van der Waals surface area (Å²) in [7, 11) is 0. The lowest BCUT2D eigenvalue weighted by Gasteiger charge is -2.08. The zero-order chi connectivity index (χ0) is 20.5. The van der Waals surface area contributed by atoms with Crippen LogP contribution < -0.4 is 0 Å². The predicted molar refractivity (Wildman–Crippen MR) is 128 cm³/mol. The molecule has 174 valence electrons. The molecule has 6 rings (SSSR count). The molecule has 0 amide bonds. The molecular weight excluding hydrogens is 356 g/mol. The average molecular weight is 411 g/mol. The van der Waals surface area contributed by atoms with Crippen LogP contribution in [0.15, 0.2) is 0 Å². The molecule has 6 fully saturated rings. The van der Waals surface area contributed by atoms with Gasteiger partial charge in [0, 0.05) is 26.4 Å². The van der Waals surface area contributed by atoms with Gasteiger partial charge in [-0.05, 0) is 32.1 Å². The lowest BCUT2D eigenvalue weighted by atomic mass is 10.0. The summed E-state index contributed by atoms with van der Waals surface area (Å²) in [4.78, 5) is 0. The van der Waals surface area contributed by atoms with Gasteiger partial charge in [0.15, 0.2) is 0 Å². The molecule has 0 atom stereocenters. The second-order valence-corrected chi connectivity index (χ2v) is 9.36. The third-order valence-electron chi connectivity index (χ3n) is 6.01. The Morgan fingerprint density at radius 2 is 0.310 bits per heavy atom. The number of hydrogen-bond acceptors (Lipinski definition) is 2. The Balaban J connectivity index is 0.000000176. The summed E-state index contributed by atoms with van der Waals surface area (Å²) in [5.74, 6) is 0. The largest absolute Gasteiger partial charge is 0.381 e. The van der Waals surface area contributed by atoms with Crippen molar-refractivity contribution in [1.82, 2.24) is 0 Å². The Morgan fingerprint density at radius 1 is 0.172 bits per heavy atom. The minimum atomic E-state index is 1.00. The zero-order valence-corrected chi connectivity index (χ0v) is 19.9. The molecule has 0 spiro atoms. The minimum Gasteiger partial charge on any atom is -0.381 e. The Labute approximate surface area is 183 Å². The molecule has 0 unspecified atom stereocenters. The number of hydrogen-bond donors (Lipinski definition) is 0. The van der Waals surface area contributed by atoms with Crippen molar-refractivity contribution in [1.29, 1.82) is 0 Å². The summed E-state index contributed by atoms with van der Waals surface area (Å²) in [6, 6.07) is 0. The van der Waals surface area contributed by atoms with Gasteiger partial charge in [-0.1, -0.05) is 116 Å². The Kier molecular flexibility index (Phi) is 22.5. The highest BCUT2D eigenvalue weighted by atomic mass is 16.5. The van der Waals surface area contributed by atoms with Gasteiger partial charge in [-0.3, -0.25) is 0 Å². The summed E-state index contributed by atoms with van der Waals surface area (Å²) in [5, 5.41) is 0. The van der Waals surface area contributed by atoms with Crippen molar-refractivity contribution in [2.45, 2.75) is 148 Å². The van der Waals surface area contributed by atoms with Crippen LogP contribution in [0.1, 0.15) is 148 Å². The molecule has 0 radical (unpaired) electrons. The van der Waals surface area contributed by atoms with E-state index in [1.165, 1.54) is 148 Å². The molecule has 0 aromatic carbocycles. The summed E-state index contributed by atoms with van der Waals surface area (Å²) in [6.45, 7) is 4.00. The molecule has 0 aromatic heterocycles. The van der Waals surface area contributed by atoms with E-state index in [9.17, 15) is 0 Å². The van der Waals surface area contributed by atoms with Crippen molar-refractivity contribution >= 4 is 0 Å². The second kappa shape index (κ2) is 24.2. The molecule has 2 nitrogen and oxygen atoms in total. The van der Waals surface area contributed by atoms with Crippen LogP contribution in [-0.4, -0.2) is 26.4 Å². The van der Waals surface area contributed by atoms with E-state index in [-0.39, 0.29) is 0 Å². The fourth-order valence-corrected chi connectivity index (χ4v) is 3.39. The second-order valence-electron chi connectivity index (χ2n) is 9.36. The molecule has 0 aromatic rings. The van der Waals surface area contributed by atoms with Gasteiger partial charge in [0.1, 0.15) is 0 Å². The van der Waals surface area contributed by atoms with Crippen LogP contribution >= 0.6 is 0 Å². The van der Waals surface area contributed by atoms with E-state index in [0.29, 0.717) is 0 Å². The first-order chi connectivity index (χ1) is 14.5. The highest BCUT2D eigenvalue weighted by Gasteiger charge is 1.97. The van der Waals surface area contributed by atoms with E-state index in [4.69, 9.17) is 9.47 Å². The van der Waals surface area contributed by atoms with E-state index < -0.39 is 0 Å². The van der Waals surface area contributed by atoms with E-state index in [1.807, 2.05) is 0 Å². The van der Waals surface area contributed by atoms with Crippen LogP contribution in [0.2, 0.25) is 0 Å². The summed E-state index contributed by atoms with van der Waals surface area (Å²) in [6.07, 6.45) is 33.5. The van der Waals surface area contributed by atoms with Crippen molar-refractivity contribution in [3.8, 4) is 0 Å². The molecule has 4 saturated carbocycles. The van der Waals surface area contributed by atoms with Gasteiger partial charge in [-0.2, -0.15) is 0 Å². The van der Waals surface area contributed by atoms with Gasteiger partial charge in [0.25, 0.3) is 0 Å². The number of rotatable bonds is 0. The van der Waals surface area contributed by atoms with Crippen LogP contribution in [0.4, 0.5) is 0 Å². The fraction of sp³-hybridized carbons (Fsp3) is 1.00. The molecule has 6 aliphatic rings. The molecule has 2 saturated heterocycles. The lowest BCUT2D eigenvalue weighted by molar-refractivity contribution is 0.0968. The summed E-state index contributed by atoms with van der Waals surface area (Å²) in [5.41, 5.74) is 0. The maximum absolute atomic E-state index is 5.07. The third kappa shape index (κ3) is 25.9. The van der Waals surface area contributed by atoms with Gasteiger partial charge in [0.2, 0.25) is 0 Å². The smallest absolute Gasteiger partial charge is 0.0466 e. The quantitative estimate of drug-likeness (QED) is 0.396. The maximum atomic E-state index is 5.07. The van der Waals surface area contributed by atoms with Crippen LogP contribution in [0.25, 0.3) is 0 Å². The Morgan fingerprint density at radius 3 is 0.414 bits per heavy atom. The first-order valence-corrected chi connectivity index (χ1v) is 13.7. The maximum Gasteiger partial charge on any atom is 0.0466 e. The van der Waals surface area contributed by atoms with Crippen LogP contribution in [-0.2, 0) is 9.47 Å². The van der Waals surface area contributed by atoms with Gasteiger partial charge in [-0.25, -0.2) is 0 Å². The standard InChI is InChI=1S/C6H12.C5H10O.C5H10.C4H8O.C4H8.C3H6/c2*1-2-4-6-5-3-1;2*1-2-4-5-3-1;1-2-4-3-1;1-2-3-1/h1-6H2;1-5H2;1-5H2;1-4H2;1-4H2;1-3H2. The molecular formula is C27H54O2. The van der Waals surface area contributed by atoms with Gasteiger partial charge < -0.3 is 9.47 Å². The molecule has 0 bridgehead atoms. The van der Waals surface area contributed by atoms with Crippen molar-refractivity contribution < 1.29 is 9.47 Å². The van der Waals surface area contributed by atoms with Gasteiger partial charge in [-0.15, -0.1) is 0 Å². The van der Waals surface area contributed by atoms with Crippen molar-refractivity contribution in [2.75, 3.05) is 26.4 Å². The van der Waals surface area contributed by atoms with Gasteiger partial charge in [0.05, 0.1) is 0 Å². The van der Waals surface area contributed by atoms with Crippen molar-refractivity contribution in [3.63, 3.8) is 0 Å². The Hall–Kier alpha value is -0.0800. The Bertz CT molecular complexity index is 203. The predicted octanol–water partition coefficient (Wildman–Crippen LogP) is 9.01. The van der Waals surface area contributed by atoms with E-state index >= 15 is 0 Å². The molecule has 29 heavy (non-hydrogen) atoms. The SMILES string of the molecule is C1CC1.C1CCC1.C1CCCC1.C1CCCCC1.C1CCOC1.C1CCOCC1. The average Bonchev–Trinajstić information content (AvgIpc) is 3.28. The summed E-state index contributed by atoms with van der Waals surface area (Å²) >= 11 is 0. The van der Waals surface area contributed by atoms with Crippen LogP contribution in [0.3, 0.4) is 0 Å². The first kappa shape index (κ1) is 27.0. The highest BCUT2D eigenvalue weighted by Crippen LogP contribution is 2.16. The fourth-order valence-electron chi connectivity index (χ4n) is 3.39. The molecule has 4 aliphatic carbocycles.